The second-order valence-electron chi connectivity index (χ2n) is 3.73. The number of hydrogen-bond acceptors (Lipinski definition) is 2. The summed E-state index contributed by atoms with van der Waals surface area (Å²) in [5.41, 5.74) is -0.300. The van der Waals surface area contributed by atoms with Crippen molar-refractivity contribution in [1.82, 2.24) is 10.6 Å². The number of carbonyl (C=O) groups excluding carboxylic acids is 1. The summed E-state index contributed by atoms with van der Waals surface area (Å²) in [7, 11) is 1.81. The van der Waals surface area contributed by atoms with Crippen molar-refractivity contribution in [2.75, 3.05) is 7.05 Å². The quantitative estimate of drug-likeness (QED) is 0.581. The predicted octanol–water partition coefficient (Wildman–Crippen LogP) is 0.714. The van der Waals surface area contributed by atoms with Crippen LogP contribution in [0.3, 0.4) is 0 Å². The molecule has 66 valence electrons. The van der Waals surface area contributed by atoms with Crippen molar-refractivity contribution in [3.05, 3.63) is 0 Å². The van der Waals surface area contributed by atoms with E-state index in [1.807, 2.05) is 34.7 Å². The molecule has 0 rings (SSSR count). The third-order valence-corrected chi connectivity index (χ3v) is 1.46. The van der Waals surface area contributed by atoms with Gasteiger partial charge in [0.15, 0.2) is 0 Å². The van der Waals surface area contributed by atoms with E-state index in [2.05, 4.69) is 10.6 Å². The van der Waals surface area contributed by atoms with Gasteiger partial charge in [0, 0.05) is 5.41 Å². The van der Waals surface area contributed by atoms with Gasteiger partial charge in [-0.15, -0.1) is 0 Å². The Bertz CT molecular complexity index is 138. The molecular weight excluding hydrogens is 140 g/mol. The smallest absolute Gasteiger partial charge is 0.226 e. The van der Waals surface area contributed by atoms with Crippen molar-refractivity contribution in [3.63, 3.8) is 0 Å². The first-order valence-electron chi connectivity index (χ1n) is 3.86. The van der Waals surface area contributed by atoms with Gasteiger partial charge in [-0.2, -0.15) is 0 Å². The van der Waals surface area contributed by atoms with Gasteiger partial charge in [-0.3, -0.25) is 4.79 Å². The first-order valence-corrected chi connectivity index (χ1v) is 3.86. The van der Waals surface area contributed by atoms with E-state index in [1.54, 1.807) is 0 Å². The van der Waals surface area contributed by atoms with Crippen molar-refractivity contribution in [2.24, 2.45) is 5.41 Å². The number of rotatable bonds is 2. The van der Waals surface area contributed by atoms with Crippen molar-refractivity contribution in [1.29, 1.82) is 0 Å². The maximum absolute atomic E-state index is 11.3. The fraction of sp³-hybridized carbons (Fsp3) is 0.875. The van der Waals surface area contributed by atoms with Gasteiger partial charge < -0.3 is 10.6 Å². The van der Waals surface area contributed by atoms with Gasteiger partial charge in [0.2, 0.25) is 5.91 Å². The van der Waals surface area contributed by atoms with Crippen LogP contribution in [0, 0.1) is 5.41 Å². The van der Waals surface area contributed by atoms with Crippen molar-refractivity contribution >= 4 is 5.91 Å². The van der Waals surface area contributed by atoms with Crippen LogP contribution < -0.4 is 10.6 Å². The van der Waals surface area contributed by atoms with E-state index in [1.165, 1.54) is 0 Å². The summed E-state index contributed by atoms with van der Waals surface area (Å²) in [4.78, 5) is 11.3. The van der Waals surface area contributed by atoms with E-state index in [-0.39, 0.29) is 17.5 Å². The van der Waals surface area contributed by atoms with Gasteiger partial charge in [0.05, 0.1) is 6.17 Å². The Morgan fingerprint density at radius 3 is 2.09 bits per heavy atom. The first-order chi connectivity index (χ1) is 4.88. The summed E-state index contributed by atoms with van der Waals surface area (Å²) in [6.45, 7) is 7.59. The van der Waals surface area contributed by atoms with Crippen LogP contribution in [0.25, 0.3) is 0 Å². The van der Waals surface area contributed by atoms with Crippen molar-refractivity contribution in [2.45, 2.75) is 33.9 Å². The summed E-state index contributed by atoms with van der Waals surface area (Å²) < 4.78 is 0. The van der Waals surface area contributed by atoms with E-state index in [4.69, 9.17) is 0 Å². The number of amides is 1. The topological polar surface area (TPSA) is 41.1 Å². The van der Waals surface area contributed by atoms with Crippen LogP contribution in [-0.4, -0.2) is 19.1 Å². The highest BCUT2D eigenvalue weighted by Gasteiger charge is 2.21. The van der Waals surface area contributed by atoms with E-state index >= 15 is 0 Å². The SMILES string of the molecule is CN[C@@H](C)NC(=O)C(C)(C)C. The molecule has 0 saturated heterocycles. The lowest BCUT2D eigenvalue weighted by atomic mass is 9.96. The summed E-state index contributed by atoms with van der Waals surface area (Å²) >= 11 is 0. The molecule has 0 saturated carbocycles. The maximum atomic E-state index is 11.3. The summed E-state index contributed by atoms with van der Waals surface area (Å²) in [6, 6.07) is 0. The van der Waals surface area contributed by atoms with Gasteiger partial charge in [-0.1, -0.05) is 20.8 Å². The first kappa shape index (κ1) is 10.4. The summed E-state index contributed by atoms with van der Waals surface area (Å²) in [5.74, 6) is 0.0688. The van der Waals surface area contributed by atoms with Crippen LogP contribution in [0.2, 0.25) is 0 Å². The molecule has 0 fully saturated rings. The van der Waals surface area contributed by atoms with Gasteiger partial charge in [-0.05, 0) is 14.0 Å². The Morgan fingerprint density at radius 1 is 1.36 bits per heavy atom. The molecular formula is C8H18N2O. The highest BCUT2D eigenvalue weighted by atomic mass is 16.2. The average Bonchev–Trinajstić information content (AvgIpc) is 1.85. The zero-order chi connectivity index (χ0) is 9.07. The maximum Gasteiger partial charge on any atom is 0.226 e. The Balaban J connectivity index is 3.88. The van der Waals surface area contributed by atoms with Crippen LogP contribution in [0.15, 0.2) is 0 Å². The molecule has 0 spiro atoms. The molecule has 3 heteroatoms. The van der Waals surface area contributed by atoms with Gasteiger partial charge in [-0.25, -0.2) is 0 Å². The molecule has 0 aromatic rings. The molecule has 11 heavy (non-hydrogen) atoms. The molecule has 0 radical (unpaired) electrons. The summed E-state index contributed by atoms with van der Waals surface area (Å²) in [6.07, 6.45) is 0.0433. The van der Waals surface area contributed by atoms with E-state index < -0.39 is 0 Å². The van der Waals surface area contributed by atoms with Gasteiger partial charge in [0.1, 0.15) is 0 Å². The molecule has 2 N–H and O–H groups in total. The second-order valence-corrected chi connectivity index (χ2v) is 3.73. The van der Waals surface area contributed by atoms with E-state index in [0.717, 1.165) is 0 Å². The molecule has 0 bridgehead atoms. The largest absolute Gasteiger partial charge is 0.341 e. The van der Waals surface area contributed by atoms with Crippen LogP contribution in [-0.2, 0) is 4.79 Å². The predicted molar refractivity (Wildman–Crippen MR) is 46.1 cm³/mol. The lowest BCUT2D eigenvalue weighted by molar-refractivity contribution is -0.129. The highest BCUT2D eigenvalue weighted by Crippen LogP contribution is 2.12. The van der Waals surface area contributed by atoms with Crippen LogP contribution in [0.1, 0.15) is 27.7 Å². The third kappa shape index (κ3) is 3.98. The molecule has 0 aliphatic heterocycles. The molecule has 0 aliphatic rings. The molecule has 0 aliphatic carbocycles. The van der Waals surface area contributed by atoms with Crippen LogP contribution in [0.4, 0.5) is 0 Å². The standard InChI is InChI=1S/C8H18N2O/c1-6(9-5)10-7(11)8(2,3)4/h6,9H,1-5H3,(H,10,11)/t6-/m1/s1. The fourth-order valence-corrected chi connectivity index (χ4v) is 0.485. The fourth-order valence-electron chi connectivity index (χ4n) is 0.485. The van der Waals surface area contributed by atoms with Crippen molar-refractivity contribution < 1.29 is 4.79 Å². The normalized spacial score (nSPS) is 14.3. The lowest BCUT2D eigenvalue weighted by Crippen LogP contribution is -2.46. The number of carbonyl (C=O) groups is 1. The van der Waals surface area contributed by atoms with E-state index in [9.17, 15) is 4.79 Å². The number of hydrogen-bond donors (Lipinski definition) is 2. The molecule has 0 unspecified atom stereocenters. The van der Waals surface area contributed by atoms with Crippen LogP contribution in [0.5, 0.6) is 0 Å². The highest BCUT2D eigenvalue weighted by molar-refractivity contribution is 5.81. The zero-order valence-electron chi connectivity index (χ0n) is 7.99. The minimum atomic E-state index is -0.300. The molecule has 0 aromatic carbocycles. The molecule has 1 amide bonds. The zero-order valence-corrected chi connectivity index (χ0v) is 7.99. The van der Waals surface area contributed by atoms with Gasteiger partial charge >= 0.3 is 0 Å². The summed E-state index contributed by atoms with van der Waals surface area (Å²) in [5, 5.41) is 5.76. The molecule has 0 aromatic heterocycles. The van der Waals surface area contributed by atoms with E-state index in [0.29, 0.717) is 0 Å². The molecule has 1 atom stereocenters. The Morgan fingerprint density at radius 2 is 1.82 bits per heavy atom. The Hall–Kier alpha value is -0.570. The van der Waals surface area contributed by atoms with Crippen LogP contribution >= 0.6 is 0 Å². The Kier molecular flexibility index (Phi) is 3.52. The van der Waals surface area contributed by atoms with Crippen molar-refractivity contribution in [3.8, 4) is 0 Å². The number of nitrogens with one attached hydrogen (secondary N) is 2. The third-order valence-electron chi connectivity index (χ3n) is 1.46. The molecule has 0 heterocycles. The minimum absolute atomic E-state index is 0.0433. The minimum Gasteiger partial charge on any atom is -0.341 e. The Labute approximate surface area is 68.6 Å². The lowest BCUT2D eigenvalue weighted by Gasteiger charge is -2.21. The molecule has 3 nitrogen and oxygen atoms in total. The monoisotopic (exact) mass is 158 g/mol. The van der Waals surface area contributed by atoms with Gasteiger partial charge in [0.25, 0.3) is 0 Å². The second kappa shape index (κ2) is 3.72. The average molecular weight is 158 g/mol.